The Balaban J connectivity index is 2.43. The number of ether oxygens (including phenoxy) is 1. The van der Waals surface area contributed by atoms with Gasteiger partial charge in [-0.1, -0.05) is 19.1 Å². The predicted molar refractivity (Wildman–Crippen MR) is 62.0 cm³/mol. The molecule has 1 rings (SSSR count). The Morgan fingerprint density at radius 1 is 1.56 bits per heavy atom. The average molecular weight is 227 g/mol. The summed E-state index contributed by atoms with van der Waals surface area (Å²) in [6.45, 7) is 3.46. The van der Waals surface area contributed by atoms with E-state index < -0.39 is 6.10 Å². The Kier molecular flexibility index (Phi) is 5.49. The van der Waals surface area contributed by atoms with Crippen molar-refractivity contribution in [1.82, 2.24) is 4.90 Å². The molecule has 0 spiro atoms. The van der Waals surface area contributed by atoms with E-state index in [2.05, 4.69) is 19.1 Å². The van der Waals surface area contributed by atoms with Crippen molar-refractivity contribution in [2.75, 3.05) is 20.2 Å². The number of methoxy groups -OCH3 is 1. The number of nitrogens with zero attached hydrogens (tertiary/aromatic N) is 1. The van der Waals surface area contributed by atoms with Crippen molar-refractivity contribution in [3.05, 3.63) is 12.2 Å². The van der Waals surface area contributed by atoms with Crippen LogP contribution in [-0.4, -0.2) is 48.3 Å². The second-order valence-corrected chi connectivity index (χ2v) is 4.09. The van der Waals surface area contributed by atoms with Crippen molar-refractivity contribution >= 4 is 5.97 Å². The van der Waals surface area contributed by atoms with Crippen molar-refractivity contribution in [2.45, 2.75) is 38.3 Å². The monoisotopic (exact) mass is 227 g/mol. The summed E-state index contributed by atoms with van der Waals surface area (Å²) < 4.78 is 4.73. The number of hydrogen-bond donors (Lipinski definition) is 1. The van der Waals surface area contributed by atoms with Crippen LogP contribution in [0.4, 0.5) is 0 Å². The standard InChI is InChI=1S/C12H21NO3/c1-3-4-5-6-7-13-9-10(14)8-11(13)12(15)16-2/h4-5,10-11,14H,3,6-9H2,1-2H3/b5-4+/t10-,11-/m0/s1. The second-order valence-electron chi connectivity index (χ2n) is 4.09. The van der Waals surface area contributed by atoms with Crippen LogP contribution < -0.4 is 0 Å². The molecule has 1 aliphatic heterocycles. The van der Waals surface area contributed by atoms with Crippen LogP contribution in [-0.2, 0) is 9.53 Å². The molecule has 0 aromatic heterocycles. The molecule has 0 aliphatic carbocycles. The summed E-state index contributed by atoms with van der Waals surface area (Å²) >= 11 is 0. The zero-order valence-corrected chi connectivity index (χ0v) is 10.1. The van der Waals surface area contributed by atoms with E-state index >= 15 is 0 Å². The molecule has 4 heteroatoms. The first-order chi connectivity index (χ1) is 7.69. The van der Waals surface area contributed by atoms with Crippen LogP contribution in [0.15, 0.2) is 12.2 Å². The molecular formula is C12H21NO3. The molecule has 1 N–H and O–H groups in total. The van der Waals surface area contributed by atoms with Crippen molar-refractivity contribution in [1.29, 1.82) is 0 Å². The largest absolute Gasteiger partial charge is 0.468 e. The van der Waals surface area contributed by atoms with E-state index in [1.807, 2.05) is 4.90 Å². The molecule has 0 amide bonds. The van der Waals surface area contributed by atoms with Gasteiger partial charge in [-0.2, -0.15) is 0 Å². The molecule has 4 nitrogen and oxygen atoms in total. The highest BCUT2D eigenvalue weighted by molar-refractivity contribution is 5.76. The van der Waals surface area contributed by atoms with Gasteiger partial charge >= 0.3 is 5.97 Å². The average Bonchev–Trinajstić information content (AvgIpc) is 2.65. The highest BCUT2D eigenvalue weighted by Gasteiger charge is 2.35. The maximum Gasteiger partial charge on any atom is 0.323 e. The molecule has 0 aromatic rings. The third-order valence-electron chi connectivity index (χ3n) is 2.84. The van der Waals surface area contributed by atoms with E-state index in [0.717, 1.165) is 19.4 Å². The van der Waals surface area contributed by atoms with Crippen LogP contribution in [0.2, 0.25) is 0 Å². The summed E-state index contributed by atoms with van der Waals surface area (Å²) in [6, 6.07) is -0.268. The molecule has 1 fully saturated rings. The van der Waals surface area contributed by atoms with Gasteiger partial charge in [0.2, 0.25) is 0 Å². The van der Waals surface area contributed by atoms with Crippen LogP contribution >= 0.6 is 0 Å². The first-order valence-corrected chi connectivity index (χ1v) is 5.84. The van der Waals surface area contributed by atoms with Crippen molar-refractivity contribution < 1.29 is 14.6 Å². The normalized spacial score (nSPS) is 26.4. The van der Waals surface area contributed by atoms with Crippen LogP contribution in [0.5, 0.6) is 0 Å². The maximum atomic E-state index is 11.5. The van der Waals surface area contributed by atoms with Gasteiger partial charge in [0.05, 0.1) is 13.2 Å². The number of likely N-dealkylation sites (tertiary alicyclic amines) is 1. The quantitative estimate of drug-likeness (QED) is 0.561. The third-order valence-corrected chi connectivity index (χ3v) is 2.84. The second kappa shape index (κ2) is 6.66. The van der Waals surface area contributed by atoms with E-state index in [1.54, 1.807) is 0 Å². The van der Waals surface area contributed by atoms with Gasteiger partial charge in [0.25, 0.3) is 0 Å². The number of hydrogen-bond acceptors (Lipinski definition) is 4. The van der Waals surface area contributed by atoms with E-state index in [4.69, 9.17) is 4.74 Å². The highest BCUT2D eigenvalue weighted by Crippen LogP contribution is 2.19. The van der Waals surface area contributed by atoms with E-state index in [0.29, 0.717) is 13.0 Å². The smallest absolute Gasteiger partial charge is 0.323 e. The lowest BCUT2D eigenvalue weighted by Crippen LogP contribution is -2.37. The maximum absolute atomic E-state index is 11.5. The fourth-order valence-corrected chi connectivity index (χ4v) is 2.03. The Bertz CT molecular complexity index is 253. The zero-order chi connectivity index (χ0) is 12.0. The Morgan fingerprint density at radius 3 is 2.94 bits per heavy atom. The molecule has 0 radical (unpaired) electrons. The van der Waals surface area contributed by atoms with E-state index in [1.165, 1.54) is 7.11 Å². The van der Waals surface area contributed by atoms with Crippen LogP contribution in [0.1, 0.15) is 26.2 Å². The topological polar surface area (TPSA) is 49.8 Å². The third kappa shape index (κ3) is 3.61. The zero-order valence-electron chi connectivity index (χ0n) is 10.1. The minimum Gasteiger partial charge on any atom is -0.468 e. The fraction of sp³-hybridized carbons (Fsp3) is 0.750. The molecule has 0 saturated carbocycles. The summed E-state index contributed by atoms with van der Waals surface area (Å²) in [4.78, 5) is 13.5. The van der Waals surface area contributed by atoms with Crippen molar-refractivity contribution in [3.8, 4) is 0 Å². The molecule has 0 bridgehead atoms. The minimum atomic E-state index is -0.403. The van der Waals surface area contributed by atoms with Crippen LogP contribution in [0.25, 0.3) is 0 Å². The van der Waals surface area contributed by atoms with Gasteiger partial charge in [-0.3, -0.25) is 9.69 Å². The molecule has 1 saturated heterocycles. The molecule has 1 heterocycles. The first-order valence-electron chi connectivity index (χ1n) is 5.84. The number of rotatable bonds is 5. The lowest BCUT2D eigenvalue weighted by atomic mass is 10.2. The summed E-state index contributed by atoms with van der Waals surface area (Å²) in [6.07, 6.45) is 6.25. The van der Waals surface area contributed by atoms with Gasteiger partial charge < -0.3 is 9.84 Å². The molecule has 16 heavy (non-hydrogen) atoms. The fourth-order valence-electron chi connectivity index (χ4n) is 2.03. The van der Waals surface area contributed by atoms with Crippen molar-refractivity contribution in [2.24, 2.45) is 0 Å². The number of aliphatic hydroxyl groups excluding tert-OH is 1. The molecule has 0 unspecified atom stereocenters. The van der Waals surface area contributed by atoms with Gasteiger partial charge in [-0.15, -0.1) is 0 Å². The summed E-state index contributed by atoms with van der Waals surface area (Å²) in [5.41, 5.74) is 0. The van der Waals surface area contributed by atoms with Gasteiger partial charge in [0.15, 0.2) is 0 Å². The first kappa shape index (κ1) is 13.2. The lowest BCUT2D eigenvalue weighted by molar-refractivity contribution is -0.145. The summed E-state index contributed by atoms with van der Waals surface area (Å²) in [5, 5.41) is 9.55. The Morgan fingerprint density at radius 2 is 2.31 bits per heavy atom. The summed E-state index contributed by atoms with van der Waals surface area (Å²) in [5.74, 6) is -0.240. The lowest BCUT2D eigenvalue weighted by Gasteiger charge is -2.20. The van der Waals surface area contributed by atoms with Crippen molar-refractivity contribution in [3.63, 3.8) is 0 Å². The number of carbonyl (C=O) groups excluding carboxylic acids is 1. The number of esters is 1. The number of β-amino-alcohol motifs (C(OH)–C–C–N with tert-alkyl or cyclic N) is 1. The molecular weight excluding hydrogens is 206 g/mol. The molecule has 92 valence electrons. The number of allylic oxidation sites excluding steroid dienone is 1. The Labute approximate surface area is 96.9 Å². The van der Waals surface area contributed by atoms with Gasteiger partial charge in [0, 0.05) is 19.5 Å². The molecule has 0 aromatic carbocycles. The van der Waals surface area contributed by atoms with Gasteiger partial charge in [0.1, 0.15) is 6.04 Å². The minimum absolute atomic E-state index is 0.240. The van der Waals surface area contributed by atoms with E-state index in [9.17, 15) is 9.90 Å². The predicted octanol–water partition coefficient (Wildman–Crippen LogP) is 0.951. The highest BCUT2D eigenvalue weighted by atomic mass is 16.5. The van der Waals surface area contributed by atoms with E-state index in [-0.39, 0.29) is 12.0 Å². The Hall–Kier alpha value is -0.870. The van der Waals surface area contributed by atoms with Crippen LogP contribution in [0.3, 0.4) is 0 Å². The number of aliphatic hydroxyl groups is 1. The van der Waals surface area contributed by atoms with Gasteiger partial charge in [-0.25, -0.2) is 0 Å². The SMILES string of the molecule is CC/C=C/CCN1C[C@@H](O)C[C@H]1C(=O)OC. The molecule has 1 aliphatic rings. The summed E-state index contributed by atoms with van der Waals surface area (Å²) in [7, 11) is 1.39. The van der Waals surface area contributed by atoms with Gasteiger partial charge in [-0.05, 0) is 12.8 Å². The van der Waals surface area contributed by atoms with Crippen LogP contribution in [0, 0.1) is 0 Å². The number of carbonyl (C=O) groups is 1. The molecule has 2 atom stereocenters.